The fourth-order valence-electron chi connectivity index (χ4n) is 1.71. The van der Waals surface area contributed by atoms with Gasteiger partial charge in [0.1, 0.15) is 12.8 Å². The number of ether oxygens (including phenoxy) is 1. The smallest absolute Gasteiger partial charge is 0.353 e. The van der Waals surface area contributed by atoms with Gasteiger partial charge < -0.3 is 14.6 Å². The van der Waals surface area contributed by atoms with Crippen LogP contribution in [0.5, 0.6) is 0 Å². The number of rotatable bonds is 3. The second-order valence-corrected chi connectivity index (χ2v) is 5.55. The highest BCUT2D eigenvalue weighted by atomic mass is 31.2. The van der Waals surface area contributed by atoms with Crippen LogP contribution in [0.2, 0.25) is 0 Å². The van der Waals surface area contributed by atoms with Gasteiger partial charge in [-0.05, 0) is 0 Å². The van der Waals surface area contributed by atoms with Crippen LogP contribution in [-0.4, -0.2) is 43.7 Å². The van der Waals surface area contributed by atoms with Gasteiger partial charge >= 0.3 is 7.82 Å². The summed E-state index contributed by atoms with van der Waals surface area (Å²) in [4.78, 5) is 30.8. The molecular formula is C9H11N4O6P. The molecule has 2 N–H and O–H groups in total. The second kappa shape index (κ2) is 5.08. The van der Waals surface area contributed by atoms with Crippen molar-refractivity contribution < 1.29 is 23.2 Å². The Kier molecular flexibility index (Phi) is 3.40. The maximum atomic E-state index is 11.5. The lowest BCUT2D eigenvalue weighted by molar-refractivity contribution is -0.0720. The molecule has 1 saturated heterocycles. The van der Waals surface area contributed by atoms with Crippen LogP contribution in [0.1, 0.15) is 0 Å². The highest BCUT2D eigenvalue weighted by Gasteiger charge is 2.30. The third-order valence-corrected chi connectivity index (χ3v) is 3.65. The monoisotopic (exact) mass is 302 g/mol. The predicted octanol–water partition coefficient (Wildman–Crippen LogP) is -0.391. The summed E-state index contributed by atoms with van der Waals surface area (Å²) in [7, 11) is -3.91. The van der Waals surface area contributed by atoms with Crippen LogP contribution in [0.25, 0.3) is 11.2 Å². The molecule has 108 valence electrons. The minimum Gasteiger partial charge on any atom is -0.353 e. The lowest BCUT2D eigenvalue weighted by atomic mass is 10.4. The van der Waals surface area contributed by atoms with Crippen molar-refractivity contribution in [3.8, 4) is 0 Å². The first kappa shape index (κ1) is 13.4. The number of hydrogen-bond acceptors (Lipinski definition) is 7. The number of imidazole rings is 1. The van der Waals surface area contributed by atoms with Crippen molar-refractivity contribution in [2.24, 2.45) is 0 Å². The molecule has 0 saturated carbocycles. The molecule has 1 aliphatic heterocycles. The van der Waals surface area contributed by atoms with Crippen LogP contribution in [0.15, 0.2) is 17.4 Å². The van der Waals surface area contributed by atoms with Crippen LogP contribution in [0.3, 0.4) is 0 Å². The number of aromatic nitrogens is 4. The molecule has 3 rings (SSSR count). The number of H-pyrrole nitrogens is 1. The molecule has 11 heteroatoms. The Labute approximate surface area is 111 Å². The molecule has 0 atom stereocenters. The van der Waals surface area contributed by atoms with Crippen LogP contribution in [0, 0.1) is 0 Å². The van der Waals surface area contributed by atoms with Gasteiger partial charge in [-0.25, -0.2) is 14.5 Å². The summed E-state index contributed by atoms with van der Waals surface area (Å²) in [6, 6.07) is 0. The van der Waals surface area contributed by atoms with Gasteiger partial charge in [0.05, 0.1) is 25.9 Å². The maximum Gasteiger partial charge on any atom is 0.472 e. The Balaban J connectivity index is 1.68. The van der Waals surface area contributed by atoms with Crippen molar-refractivity contribution in [3.05, 3.63) is 23.0 Å². The average molecular weight is 302 g/mol. The molecule has 1 aliphatic rings. The van der Waals surface area contributed by atoms with Crippen molar-refractivity contribution in [3.63, 3.8) is 0 Å². The van der Waals surface area contributed by atoms with E-state index in [2.05, 4.69) is 24.0 Å². The van der Waals surface area contributed by atoms with Crippen molar-refractivity contribution in [2.75, 3.05) is 13.2 Å². The lowest BCUT2D eigenvalue weighted by Gasteiger charge is -2.25. The molecule has 20 heavy (non-hydrogen) atoms. The van der Waals surface area contributed by atoms with Crippen LogP contribution in [-0.2, 0) is 25.1 Å². The van der Waals surface area contributed by atoms with E-state index in [1.54, 1.807) is 0 Å². The molecule has 0 aromatic carbocycles. The van der Waals surface area contributed by atoms with Crippen LogP contribution >= 0.6 is 7.82 Å². The third kappa shape index (κ3) is 2.65. The van der Waals surface area contributed by atoms with Gasteiger partial charge in [0.25, 0.3) is 5.56 Å². The molecule has 0 radical (unpaired) electrons. The van der Waals surface area contributed by atoms with Gasteiger partial charge in [0.15, 0.2) is 11.2 Å². The van der Waals surface area contributed by atoms with Gasteiger partial charge in [-0.1, -0.05) is 0 Å². The minimum absolute atomic E-state index is 0.0472. The first-order valence-corrected chi connectivity index (χ1v) is 7.17. The molecule has 0 aliphatic carbocycles. The molecule has 0 spiro atoms. The van der Waals surface area contributed by atoms with E-state index in [4.69, 9.17) is 9.63 Å². The average Bonchev–Trinajstić information content (AvgIpc) is 2.82. The Morgan fingerprint density at radius 2 is 2.25 bits per heavy atom. The van der Waals surface area contributed by atoms with Crippen molar-refractivity contribution in [2.45, 2.75) is 12.8 Å². The topological polar surface area (TPSA) is 129 Å². The Hall–Kier alpha value is -1.58. The van der Waals surface area contributed by atoms with E-state index in [9.17, 15) is 9.36 Å². The van der Waals surface area contributed by atoms with Gasteiger partial charge in [-0.15, -0.1) is 0 Å². The summed E-state index contributed by atoms with van der Waals surface area (Å²) in [5.41, 5.74) is 0.269. The molecule has 10 nitrogen and oxygen atoms in total. The van der Waals surface area contributed by atoms with Crippen molar-refractivity contribution in [1.82, 2.24) is 19.5 Å². The highest BCUT2D eigenvalue weighted by molar-refractivity contribution is 7.47. The van der Waals surface area contributed by atoms with E-state index >= 15 is 0 Å². The summed E-state index contributed by atoms with van der Waals surface area (Å²) in [5, 5.41) is 0. The van der Waals surface area contributed by atoms with E-state index in [0.717, 1.165) is 0 Å². The normalized spacial score (nSPS) is 26.9. The molecule has 0 amide bonds. The van der Waals surface area contributed by atoms with Gasteiger partial charge in [0.2, 0.25) is 0 Å². The van der Waals surface area contributed by atoms with Crippen LogP contribution in [0.4, 0.5) is 0 Å². The molecule has 1 fully saturated rings. The fourth-order valence-corrected chi connectivity index (χ4v) is 2.49. The molecule has 3 heterocycles. The first-order valence-electron chi connectivity index (χ1n) is 5.67. The highest BCUT2D eigenvalue weighted by Crippen LogP contribution is 2.46. The van der Waals surface area contributed by atoms with Gasteiger partial charge in [-0.3, -0.25) is 18.4 Å². The summed E-state index contributed by atoms with van der Waals surface area (Å²) in [6.45, 7) is -0.0249. The van der Waals surface area contributed by atoms with E-state index in [-0.39, 0.29) is 31.0 Å². The number of aromatic amines is 1. The molecule has 2 aromatic rings. The summed E-state index contributed by atoms with van der Waals surface area (Å²) in [6.07, 6.45) is 2.22. The standard InChI is InChI=1S/C9H11N4O6P/c14-9-7-8(10-3-11-9)13(4-12-7)5-17-6-1-18-20(15,16)19-2-6/h3-4,6H,1-2,5H2,(H,15,16)(H,10,11,14). The first-order chi connectivity index (χ1) is 9.55. The molecule has 0 bridgehead atoms. The second-order valence-electron chi connectivity index (χ2n) is 4.10. The number of nitrogens with zero attached hydrogens (tertiary/aromatic N) is 3. The Morgan fingerprint density at radius 1 is 1.50 bits per heavy atom. The van der Waals surface area contributed by atoms with E-state index in [0.29, 0.717) is 5.65 Å². The van der Waals surface area contributed by atoms with E-state index in [1.807, 2.05) is 0 Å². The number of nitrogens with one attached hydrogen (secondary N) is 1. The maximum absolute atomic E-state index is 11.5. The van der Waals surface area contributed by atoms with Crippen molar-refractivity contribution >= 4 is 19.0 Å². The summed E-state index contributed by atoms with van der Waals surface area (Å²) in [5.74, 6) is 0. The molecule has 0 unspecified atom stereocenters. The van der Waals surface area contributed by atoms with Crippen molar-refractivity contribution in [1.29, 1.82) is 0 Å². The largest absolute Gasteiger partial charge is 0.472 e. The minimum atomic E-state index is -3.91. The van der Waals surface area contributed by atoms with Gasteiger partial charge in [0, 0.05) is 0 Å². The SMILES string of the molecule is O=c1[nH]cnc2c1ncn2COC1COP(=O)(O)OC1. The number of fused-ring (bicyclic) bond motifs is 1. The summed E-state index contributed by atoms with van der Waals surface area (Å²) >= 11 is 0. The zero-order valence-electron chi connectivity index (χ0n) is 10.1. The quantitative estimate of drug-likeness (QED) is 0.733. The number of phosphoric acid groups is 1. The lowest BCUT2D eigenvalue weighted by Crippen LogP contribution is -2.30. The summed E-state index contributed by atoms with van der Waals surface area (Å²) < 4.78 is 27.3. The number of hydrogen-bond donors (Lipinski definition) is 2. The zero-order chi connectivity index (χ0) is 14.2. The Morgan fingerprint density at radius 3 is 3.00 bits per heavy atom. The van der Waals surface area contributed by atoms with Gasteiger partial charge in [-0.2, -0.15) is 0 Å². The molecule has 2 aromatic heterocycles. The number of phosphoric ester groups is 1. The zero-order valence-corrected chi connectivity index (χ0v) is 11.0. The predicted molar refractivity (Wildman–Crippen MR) is 64.8 cm³/mol. The van der Waals surface area contributed by atoms with Crippen LogP contribution < -0.4 is 5.56 Å². The van der Waals surface area contributed by atoms with E-state index < -0.39 is 13.9 Å². The molecular weight excluding hydrogens is 291 g/mol. The Bertz CT molecular complexity index is 715. The van der Waals surface area contributed by atoms with E-state index in [1.165, 1.54) is 17.2 Å². The fraction of sp³-hybridized carbons (Fsp3) is 0.444. The third-order valence-electron chi connectivity index (χ3n) is 2.70.